The first-order valence-electron chi connectivity index (χ1n) is 11.4. The van der Waals surface area contributed by atoms with Crippen molar-refractivity contribution >= 4 is 28.7 Å². The van der Waals surface area contributed by atoms with Gasteiger partial charge in [0.2, 0.25) is 0 Å². The van der Waals surface area contributed by atoms with E-state index in [1.165, 1.54) is 29.2 Å². The lowest BCUT2D eigenvalue weighted by Gasteiger charge is -2.21. The molecule has 1 amide bonds. The quantitative estimate of drug-likeness (QED) is 0.372. The molecule has 10 nitrogen and oxygen atoms in total. The lowest BCUT2D eigenvalue weighted by atomic mass is 10.2. The predicted molar refractivity (Wildman–Crippen MR) is 132 cm³/mol. The number of nitrogens with zero attached hydrogens (tertiary/aromatic N) is 8. The molecule has 0 bridgehead atoms. The van der Waals surface area contributed by atoms with Crippen LogP contribution in [-0.2, 0) is 0 Å². The molecular formula is C23H25F2N9OS. The molecule has 0 aliphatic heterocycles. The van der Waals surface area contributed by atoms with Gasteiger partial charge in [0.1, 0.15) is 17.8 Å². The fraction of sp³-hybridized carbons (Fsp3) is 0.391. The second-order valence-corrected chi connectivity index (χ2v) is 9.98. The van der Waals surface area contributed by atoms with Crippen LogP contribution in [0.1, 0.15) is 54.8 Å². The average Bonchev–Trinajstić information content (AvgIpc) is 3.22. The minimum atomic E-state index is -2.97. The Kier molecular flexibility index (Phi) is 6.02. The molecule has 1 saturated carbocycles. The molecule has 0 unspecified atom stereocenters. The highest BCUT2D eigenvalue weighted by Crippen LogP contribution is 2.39. The molecule has 0 aromatic carbocycles. The molecule has 0 radical (unpaired) electrons. The van der Waals surface area contributed by atoms with Gasteiger partial charge in [-0.15, -0.1) is 21.5 Å². The summed E-state index contributed by atoms with van der Waals surface area (Å²) in [4.78, 5) is 28.2. The molecule has 1 fully saturated rings. The van der Waals surface area contributed by atoms with Crippen LogP contribution in [0.4, 0.5) is 20.3 Å². The molecule has 5 rings (SSSR count). The summed E-state index contributed by atoms with van der Waals surface area (Å²) < 4.78 is 30.9. The molecule has 188 valence electrons. The zero-order chi connectivity index (χ0) is 25.6. The highest BCUT2D eigenvalue weighted by Gasteiger charge is 2.34. The molecule has 4 aromatic heterocycles. The van der Waals surface area contributed by atoms with E-state index < -0.39 is 17.9 Å². The third-order valence-electron chi connectivity index (χ3n) is 6.11. The van der Waals surface area contributed by atoms with Crippen molar-refractivity contribution in [1.29, 1.82) is 0 Å². The van der Waals surface area contributed by atoms with E-state index in [2.05, 4.69) is 30.5 Å². The summed E-state index contributed by atoms with van der Waals surface area (Å²) in [7, 11) is 3.81. The number of hydrogen-bond donors (Lipinski definition) is 1. The Labute approximate surface area is 210 Å². The van der Waals surface area contributed by atoms with Gasteiger partial charge in [-0.05, 0) is 25.8 Å². The van der Waals surface area contributed by atoms with E-state index in [4.69, 9.17) is 0 Å². The average molecular weight is 514 g/mol. The molecule has 13 heteroatoms. The zero-order valence-corrected chi connectivity index (χ0v) is 21.0. The third-order valence-corrected chi connectivity index (χ3v) is 6.95. The van der Waals surface area contributed by atoms with Crippen LogP contribution >= 0.6 is 11.3 Å². The second-order valence-electron chi connectivity index (χ2n) is 9.12. The van der Waals surface area contributed by atoms with Gasteiger partial charge in [-0.25, -0.2) is 23.7 Å². The van der Waals surface area contributed by atoms with Crippen LogP contribution in [0.3, 0.4) is 0 Å². The number of halogens is 2. The number of carbonyl (C=O) groups is 1. The van der Waals surface area contributed by atoms with Crippen molar-refractivity contribution in [1.82, 2.24) is 34.3 Å². The number of rotatable bonds is 8. The molecule has 1 aliphatic rings. The largest absolute Gasteiger partial charge is 0.375 e. The van der Waals surface area contributed by atoms with Crippen molar-refractivity contribution in [3.63, 3.8) is 0 Å². The zero-order valence-electron chi connectivity index (χ0n) is 20.2. The van der Waals surface area contributed by atoms with Crippen molar-refractivity contribution < 1.29 is 13.6 Å². The van der Waals surface area contributed by atoms with Gasteiger partial charge in [0, 0.05) is 38.5 Å². The Balaban J connectivity index is 1.38. The molecule has 4 heterocycles. The van der Waals surface area contributed by atoms with Crippen molar-refractivity contribution in [2.75, 3.05) is 24.3 Å². The standard InChI is InChI=1S/C23H25F2N9OS/c1-13(23(2,24)25)34-12-28-31-20(34)22-30-19(10-36-22)29-21(35)15-7-17(18(8-26-15)32(3)4)33-9-16(27-11-33)14-5-6-14/h7-14H,5-6H2,1-4H3,(H,29,35)/t13-/m0/s1. The fourth-order valence-corrected chi connectivity index (χ4v) is 4.45. The maximum absolute atomic E-state index is 13.9. The summed E-state index contributed by atoms with van der Waals surface area (Å²) in [5, 5.41) is 12.4. The first-order chi connectivity index (χ1) is 17.1. The topological polar surface area (TPSA) is 107 Å². The SMILES string of the molecule is C[C@H](n1cnnc1-c1nc(NC(=O)c2cc(-n3cnc(C4CC4)c3)c(N(C)C)cn2)cs1)C(C)(F)F. The Hall–Kier alpha value is -3.74. The molecule has 0 saturated heterocycles. The van der Waals surface area contributed by atoms with Gasteiger partial charge in [-0.3, -0.25) is 4.79 Å². The molecule has 1 N–H and O–H groups in total. The van der Waals surface area contributed by atoms with Gasteiger partial charge in [-0.1, -0.05) is 0 Å². The number of aromatic nitrogens is 7. The van der Waals surface area contributed by atoms with E-state index in [9.17, 15) is 13.6 Å². The first kappa shape index (κ1) is 24.0. The van der Waals surface area contributed by atoms with Crippen LogP contribution in [0.25, 0.3) is 16.5 Å². The first-order valence-corrected chi connectivity index (χ1v) is 12.3. The van der Waals surface area contributed by atoms with Gasteiger partial charge in [0.05, 0.1) is 35.6 Å². The van der Waals surface area contributed by atoms with Gasteiger partial charge in [0.25, 0.3) is 11.8 Å². The predicted octanol–water partition coefficient (Wildman–Crippen LogP) is 4.39. The molecule has 1 aliphatic carbocycles. The number of pyridine rings is 1. The molecule has 0 spiro atoms. The maximum atomic E-state index is 13.9. The summed E-state index contributed by atoms with van der Waals surface area (Å²) in [6.07, 6.45) is 8.93. The fourth-order valence-electron chi connectivity index (χ4n) is 3.71. The Morgan fingerprint density at radius 1 is 1.28 bits per heavy atom. The smallest absolute Gasteiger partial charge is 0.275 e. The van der Waals surface area contributed by atoms with Crippen LogP contribution < -0.4 is 10.2 Å². The van der Waals surface area contributed by atoms with Gasteiger partial charge < -0.3 is 19.4 Å². The molecule has 36 heavy (non-hydrogen) atoms. The molecule has 1 atom stereocenters. The third kappa shape index (κ3) is 4.70. The van der Waals surface area contributed by atoms with Crippen LogP contribution in [0, 0.1) is 0 Å². The van der Waals surface area contributed by atoms with E-state index in [0.717, 1.165) is 36.8 Å². The number of thiazole rings is 1. The van der Waals surface area contributed by atoms with Crippen molar-refractivity contribution in [3.8, 4) is 16.5 Å². The second kappa shape index (κ2) is 9.04. The van der Waals surface area contributed by atoms with E-state index in [-0.39, 0.29) is 17.3 Å². The lowest BCUT2D eigenvalue weighted by molar-refractivity contribution is -0.0255. The maximum Gasteiger partial charge on any atom is 0.275 e. The molecule has 4 aromatic rings. The lowest BCUT2D eigenvalue weighted by Crippen LogP contribution is -2.25. The van der Waals surface area contributed by atoms with E-state index >= 15 is 0 Å². The number of anilines is 2. The van der Waals surface area contributed by atoms with Crippen molar-refractivity contribution in [2.45, 2.75) is 44.6 Å². The minimum Gasteiger partial charge on any atom is -0.375 e. The monoisotopic (exact) mass is 513 g/mol. The van der Waals surface area contributed by atoms with Gasteiger partial charge in [0.15, 0.2) is 10.8 Å². The Morgan fingerprint density at radius 2 is 2.06 bits per heavy atom. The van der Waals surface area contributed by atoms with Crippen LogP contribution in [-0.4, -0.2) is 60.2 Å². The highest BCUT2D eigenvalue weighted by molar-refractivity contribution is 7.13. The van der Waals surface area contributed by atoms with Crippen LogP contribution in [0.15, 0.2) is 36.5 Å². The van der Waals surface area contributed by atoms with Crippen LogP contribution in [0.5, 0.6) is 0 Å². The molecular weight excluding hydrogens is 488 g/mol. The number of alkyl halides is 2. The van der Waals surface area contributed by atoms with E-state index in [1.54, 1.807) is 24.0 Å². The van der Waals surface area contributed by atoms with E-state index in [1.807, 2.05) is 29.8 Å². The minimum absolute atomic E-state index is 0.203. The van der Waals surface area contributed by atoms with Crippen molar-refractivity contribution in [2.24, 2.45) is 0 Å². The number of imidazole rings is 1. The number of amides is 1. The summed E-state index contributed by atoms with van der Waals surface area (Å²) in [6, 6.07) is 0.545. The summed E-state index contributed by atoms with van der Waals surface area (Å²) in [5.74, 6) is -2.44. The number of hydrogen-bond acceptors (Lipinski definition) is 8. The number of nitrogens with one attached hydrogen (secondary N) is 1. The Morgan fingerprint density at radius 3 is 2.75 bits per heavy atom. The summed E-state index contributed by atoms with van der Waals surface area (Å²) in [6.45, 7) is 2.23. The van der Waals surface area contributed by atoms with Gasteiger partial charge in [-0.2, -0.15) is 0 Å². The van der Waals surface area contributed by atoms with Crippen LogP contribution in [0.2, 0.25) is 0 Å². The highest BCUT2D eigenvalue weighted by atomic mass is 32.1. The normalized spacial score (nSPS) is 14.6. The number of carbonyl (C=O) groups excluding carboxylic acids is 1. The Bertz CT molecular complexity index is 1400. The van der Waals surface area contributed by atoms with Crippen molar-refractivity contribution in [3.05, 3.63) is 47.9 Å². The van der Waals surface area contributed by atoms with E-state index in [0.29, 0.717) is 10.9 Å². The summed E-state index contributed by atoms with van der Waals surface area (Å²) >= 11 is 1.17. The summed E-state index contributed by atoms with van der Waals surface area (Å²) in [5.41, 5.74) is 2.86. The van der Waals surface area contributed by atoms with Gasteiger partial charge >= 0.3 is 0 Å².